The molecular formula is C17H20ClN5O2. The van der Waals surface area contributed by atoms with Crippen molar-refractivity contribution in [1.82, 2.24) is 24.9 Å². The van der Waals surface area contributed by atoms with E-state index in [2.05, 4.69) is 15.5 Å². The Kier molecular flexibility index (Phi) is 4.94. The van der Waals surface area contributed by atoms with Crippen LogP contribution in [0.4, 0.5) is 0 Å². The van der Waals surface area contributed by atoms with Crippen LogP contribution in [-0.4, -0.2) is 25.5 Å². The molecule has 132 valence electrons. The molecule has 0 fully saturated rings. The maximum Gasteiger partial charge on any atom is 0.287 e. The van der Waals surface area contributed by atoms with Crippen molar-refractivity contribution in [3.8, 4) is 0 Å². The monoisotopic (exact) mass is 361 g/mol. The summed E-state index contributed by atoms with van der Waals surface area (Å²) in [5, 5.41) is 12.1. The van der Waals surface area contributed by atoms with E-state index in [0.717, 1.165) is 23.6 Å². The summed E-state index contributed by atoms with van der Waals surface area (Å²) < 4.78 is 9.20. The lowest BCUT2D eigenvalue weighted by Crippen LogP contribution is -2.22. The number of halogens is 1. The summed E-state index contributed by atoms with van der Waals surface area (Å²) in [5.74, 6) is 0.629. The van der Waals surface area contributed by atoms with E-state index in [-0.39, 0.29) is 11.7 Å². The number of furan rings is 1. The third-order valence-electron chi connectivity index (χ3n) is 3.93. The normalized spacial score (nSPS) is 11.0. The number of aromatic nitrogens is 4. The molecule has 0 aromatic carbocycles. The Bertz CT molecular complexity index is 893. The Morgan fingerprint density at radius 3 is 2.72 bits per heavy atom. The Balaban J connectivity index is 1.62. The second-order valence-corrected chi connectivity index (χ2v) is 6.13. The van der Waals surface area contributed by atoms with Gasteiger partial charge < -0.3 is 9.73 Å². The van der Waals surface area contributed by atoms with Crippen molar-refractivity contribution in [2.24, 2.45) is 0 Å². The minimum atomic E-state index is -0.274. The number of hydrogen-bond donors (Lipinski definition) is 1. The molecular weight excluding hydrogens is 342 g/mol. The third kappa shape index (κ3) is 3.76. The van der Waals surface area contributed by atoms with E-state index in [1.807, 2.05) is 37.7 Å². The highest BCUT2D eigenvalue weighted by atomic mass is 35.5. The molecule has 3 aromatic heterocycles. The van der Waals surface area contributed by atoms with E-state index in [1.54, 1.807) is 16.8 Å². The number of carbonyl (C=O) groups is 1. The molecule has 0 spiro atoms. The second-order valence-electron chi connectivity index (χ2n) is 5.75. The van der Waals surface area contributed by atoms with Gasteiger partial charge in [-0.3, -0.25) is 14.2 Å². The topological polar surface area (TPSA) is 77.9 Å². The molecule has 3 heterocycles. The summed E-state index contributed by atoms with van der Waals surface area (Å²) in [4.78, 5) is 12.2. The highest BCUT2D eigenvalue weighted by Crippen LogP contribution is 2.20. The van der Waals surface area contributed by atoms with Gasteiger partial charge in [-0.15, -0.1) is 0 Å². The molecule has 0 unspecified atom stereocenters. The molecule has 7 nitrogen and oxygen atoms in total. The van der Waals surface area contributed by atoms with E-state index in [0.29, 0.717) is 23.9 Å². The molecule has 0 radical (unpaired) electrons. The lowest BCUT2D eigenvalue weighted by Gasteiger charge is -2.02. The van der Waals surface area contributed by atoms with Gasteiger partial charge in [-0.05, 0) is 39.0 Å². The lowest BCUT2D eigenvalue weighted by molar-refractivity contribution is 0.0920. The van der Waals surface area contributed by atoms with Crippen LogP contribution in [0.5, 0.6) is 0 Å². The van der Waals surface area contributed by atoms with Gasteiger partial charge in [-0.25, -0.2) is 0 Å². The molecule has 0 aliphatic heterocycles. The summed E-state index contributed by atoms with van der Waals surface area (Å²) in [6.45, 7) is 7.34. The molecule has 1 amide bonds. The smallest absolute Gasteiger partial charge is 0.287 e. The van der Waals surface area contributed by atoms with Gasteiger partial charge in [0.05, 0.1) is 35.2 Å². The average Bonchev–Trinajstić information content (AvgIpc) is 3.31. The molecule has 0 aliphatic rings. The maximum absolute atomic E-state index is 12.2. The van der Waals surface area contributed by atoms with Gasteiger partial charge in [-0.2, -0.15) is 10.2 Å². The fourth-order valence-corrected chi connectivity index (χ4v) is 2.63. The van der Waals surface area contributed by atoms with Gasteiger partial charge in [-0.1, -0.05) is 11.6 Å². The van der Waals surface area contributed by atoms with Crippen LogP contribution in [0.3, 0.4) is 0 Å². The zero-order valence-corrected chi connectivity index (χ0v) is 15.2. The summed E-state index contributed by atoms with van der Waals surface area (Å²) in [7, 11) is 0. The number of rotatable bonds is 6. The second kappa shape index (κ2) is 7.14. The SMILES string of the molecule is CCn1ccc(CNC(=O)c2ccc(Cn3nc(C)c(Cl)c3C)o2)n1. The molecule has 0 saturated heterocycles. The third-order valence-corrected chi connectivity index (χ3v) is 4.48. The van der Waals surface area contributed by atoms with Gasteiger partial charge in [0.15, 0.2) is 5.76 Å². The van der Waals surface area contributed by atoms with E-state index in [4.69, 9.17) is 16.0 Å². The average molecular weight is 362 g/mol. The van der Waals surface area contributed by atoms with Gasteiger partial charge in [0.25, 0.3) is 5.91 Å². The van der Waals surface area contributed by atoms with Crippen molar-refractivity contribution < 1.29 is 9.21 Å². The molecule has 0 bridgehead atoms. The predicted molar refractivity (Wildman–Crippen MR) is 93.6 cm³/mol. The minimum Gasteiger partial charge on any atom is -0.454 e. The Labute approximate surface area is 150 Å². The van der Waals surface area contributed by atoms with Gasteiger partial charge in [0.2, 0.25) is 0 Å². The molecule has 3 rings (SSSR count). The van der Waals surface area contributed by atoms with Crippen LogP contribution in [0.25, 0.3) is 0 Å². The van der Waals surface area contributed by atoms with Crippen molar-refractivity contribution in [2.45, 2.75) is 40.4 Å². The van der Waals surface area contributed by atoms with E-state index >= 15 is 0 Å². The highest BCUT2D eigenvalue weighted by molar-refractivity contribution is 6.31. The fourth-order valence-electron chi connectivity index (χ4n) is 2.49. The molecule has 25 heavy (non-hydrogen) atoms. The summed E-state index contributed by atoms with van der Waals surface area (Å²) in [5.41, 5.74) is 2.45. The molecule has 0 aliphatic carbocycles. The van der Waals surface area contributed by atoms with Crippen molar-refractivity contribution >= 4 is 17.5 Å². The van der Waals surface area contributed by atoms with Crippen molar-refractivity contribution in [3.05, 3.63) is 58.0 Å². The fraction of sp³-hybridized carbons (Fsp3) is 0.353. The van der Waals surface area contributed by atoms with Gasteiger partial charge in [0, 0.05) is 12.7 Å². The molecule has 0 saturated carbocycles. The van der Waals surface area contributed by atoms with Crippen LogP contribution < -0.4 is 5.32 Å². The number of nitrogens with zero attached hydrogens (tertiary/aromatic N) is 4. The zero-order valence-electron chi connectivity index (χ0n) is 14.4. The zero-order chi connectivity index (χ0) is 18.0. The number of nitrogens with one attached hydrogen (secondary N) is 1. The molecule has 8 heteroatoms. The lowest BCUT2D eigenvalue weighted by atomic mass is 10.3. The van der Waals surface area contributed by atoms with E-state index in [1.165, 1.54) is 0 Å². The van der Waals surface area contributed by atoms with E-state index in [9.17, 15) is 4.79 Å². The van der Waals surface area contributed by atoms with Crippen LogP contribution >= 0.6 is 11.6 Å². The summed E-state index contributed by atoms with van der Waals surface area (Å²) in [6, 6.07) is 5.30. The van der Waals surface area contributed by atoms with Crippen LogP contribution in [-0.2, 0) is 19.6 Å². The largest absolute Gasteiger partial charge is 0.454 e. The minimum absolute atomic E-state index is 0.262. The Morgan fingerprint density at radius 2 is 2.08 bits per heavy atom. The standard InChI is InChI=1S/C17H20ClN5O2/c1-4-22-8-7-13(21-22)9-19-17(24)15-6-5-14(25-15)10-23-12(3)16(18)11(2)20-23/h5-8H,4,9-10H2,1-3H3,(H,19,24). The first kappa shape index (κ1) is 17.3. The van der Waals surface area contributed by atoms with Gasteiger partial charge >= 0.3 is 0 Å². The first-order valence-electron chi connectivity index (χ1n) is 8.06. The van der Waals surface area contributed by atoms with Crippen molar-refractivity contribution in [1.29, 1.82) is 0 Å². The summed E-state index contributed by atoms with van der Waals surface area (Å²) >= 11 is 6.15. The van der Waals surface area contributed by atoms with Crippen LogP contribution in [0, 0.1) is 13.8 Å². The molecule has 1 N–H and O–H groups in total. The number of carbonyl (C=O) groups excluding carboxylic acids is 1. The summed E-state index contributed by atoms with van der Waals surface area (Å²) in [6.07, 6.45) is 1.88. The predicted octanol–water partition coefficient (Wildman–Crippen LogP) is 2.94. The quantitative estimate of drug-likeness (QED) is 0.732. The first-order valence-corrected chi connectivity index (χ1v) is 8.44. The highest BCUT2D eigenvalue weighted by Gasteiger charge is 2.14. The Morgan fingerprint density at radius 1 is 1.28 bits per heavy atom. The number of hydrogen-bond acceptors (Lipinski definition) is 4. The van der Waals surface area contributed by atoms with Crippen molar-refractivity contribution in [3.63, 3.8) is 0 Å². The van der Waals surface area contributed by atoms with Crippen LogP contribution in [0.1, 0.15) is 40.3 Å². The molecule has 3 aromatic rings. The van der Waals surface area contributed by atoms with Gasteiger partial charge in [0.1, 0.15) is 5.76 Å². The van der Waals surface area contributed by atoms with Crippen LogP contribution in [0.15, 0.2) is 28.8 Å². The number of aryl methyl sites for hydroxylation is 2. The Hall–Kier alpha value is -2.54. The van der Waals surface area contributed by atoms with Crippen LogP contribution in [0.2, 0.25) is 5.02 Å². The first-order chi connectivity index (χ1) is 12.0. The maximum atomic E-state index is 12.2. The number of amides is 1. The van der Waals surface area contributed by atoms with E-state index < -0.39 is 0 Å². The molecule has 0 atom stereocenters. The van der Waals surface area contributed by atoms with Crippen molar-refractivity contribution in [2.75, 3.05) is 0 Å².